The lowest BCUT2D eigenvalue weighted by atomic mass is 10.2. The minimum absolute atomic E-state index is 0.420. The molecule has 0 unspecified atom stereocenters. The average Bonchev–Trinajstić information content (AvgIpc) is 2.61. The van der Waals surface area contributed by atoms with E-state index < -0.39 is 0 Å². The molecule has 4 nitrogen and oxygen atoms in total. The summed E-state index contributed by atoms with van der Waals surface area (Å²) in [6.07, 6.45) is 5.85. The van der Waals surface area contributed by atoms with E-state index in [2.05, 4.69) is 9.97 Å². The van der Waals surface area contributed by atoms with E-state index in [1.807, 2.05) is 12.1 Å². The Kier molecular flexibility index (Phi) is 2.10. The summed E-state index contributed by atoms with van der Waals surface area (Å²) in [6, 6.07) is 3.78. The van der Waals surface area contributed by atoms with Crippen LogP contribution in [0, 0.1) is 0 Å². The zero-order chi connectivity index (χ0) is 9.97. The number of pyridine rings is 1. The van der Waals surface area contributed by atoms with Crippen LogP contribution in [0.3, 0.4) is 0 Å². The molecule has 0 atom stereocenters. The second kappa shape index (κ2) is 3.41. The molecule has 4 heteroatoms. The van der Waals surface area contributed by atoms with Gasteiger partial charge in [0.2, 0.25) is 0 Å². The van der Waals surface area contributed by atoms with Gasteiger partial charge in [-0.25, -0.2) is 4.98 Å². The van der Waals surface area contributed by atoms with Crippen molar-refractivity contribution in [2.24, 2.45) is 7.05 Å². The molecule has 0 radical (unpaired) electrons. The van der Waals surface area contributed by atoms with Gasteiger partial charge in [0.05, 0.1) is 11.9 Å². The van der Waals surface area contributed by atoms with E-state index in [4.69, 9.17) is 0 Å². The molecule has 0 bridgehead atoms. The fourth-order valence-corrected chi connectivity index (χ4v) is 1.32. The van der Waals surface area contributed by atoms with Crippen LogP contribution >= 0.6 is 0 Å². The molecule has 2 rings (SSSR count). The number of hydrogen-bond donors (Lipinski definition) is 0. The first-order valence-electron chi connectivity index (χ1n) is 4.20. The molecule has 2 heterocycles. The zero-order valence-corrected chi connectivity index (χ0v) is 7.71. The monoisotopic (exact) mass is 187 g/mol. The first-order chi connectivity index (χ1) is 6.83. The second-order valence-corrected chi connectivity index (χ2v) is 2.92. The lowest BCUT2D eigenvalue weighted by molar-refractivity contribution is 0.111. The third-order valence-electron chi connectivity index (χ3n) is 2.09. The fraction of sp³-hybridized carbons (Fsp3) is 0.100. The lowest BCUT2D eigenvalue weighted by Crippen LogP contribution is -1.97. The number of aldehydes is 1. The van der Waals surface area contributed by atoms with Crippen LogP contribution in [0.2, 0.25) is 0 Å². The average molecular weight is 187 g/mol. The van der Waals surface area contributed by atoms with Gasteiger partial charge in [0.15, 0.2) is 12.1 Å². The number of hydrogen-bond acceptors (Lipinski definition) is 3. The van der Waals surface area contributed by atoms with Crippen molar-refractivity contribution in [1.29, 1.82) is 0 Å². The van der Waals surface area contributed by atoms with Crippen LogP contribution in [0.25, 0.3) is 11.3 Å². The largest absolute Gasteiger partial charge is 0.325 e. The molecule has 0 saturated carbocycles. The molecule has 2 aromatic heterocycles. The van der Waals surface area contributed by atoms with Crippen molar-refractivity contribution < 1.29 is 4.79 Å². The fourth-order valence-electron chi connectivity index (χ4n) is 1.32. The van der Waals surface area contributed by atoms with Crippen molar-refractivity contribution >= 4 is 6.29 Å². The summed E-state index contributed by atoms with van der Waals surface area (Å²) < 4.78 is 1.74. The Bertz CT molecular complexity index is 448. The molecule has 0 saturated heterocycles. The molecule has 0 fully saturated rings. The highest BCUT2D eigenvalue weighted by molar-refractivity contribution is 5.72. The molecule has 2 aromatic rings. The van der Waals surface area contributed by atoms with Gasteiger partial charge in [-0.15, -0.1) is 0 Å². The highest BCUT2D eigenvalue weighted by atomic mass is 16.1. The Hall–Kier alpha value is -1.97. The summed E-state index contributed by atoms with van der Waals surface area (Å²) in [5.41, 5.74) is 1.84. The Morgan fingerprint density at radius 1 is 1.43 bits per heavy atom. The number of aromatic nitrogens is 3. The molecule has 0 aromatic carbocycles. The van der Waals surface area contributed by atoms with E-state index in [0.29, 0.717) is 5.82 Å². The van der Waals surface area contributed by atoms with Crippen molar-refractivity contribution in [2.75, 3.05) is 0 Å². The van der Waals surface area contributed by atoms with Crippen molar-refractivity contribution in [1.82, 2.24) is 14.5 Å². The number of nitrogens with zero attached hydrogens (tertiary/aromatic N) is 3. The van der Waals surface area contributed by atoms with Crippen LogP contribution in [0.5, 0.6) is 0 Å². The van der Waals surface area contributed by atoms with Crippen LogP contribution in [0.15, 0.2) is 30.7 Å². The smallest absolute Gasteiger partial charge is 0.185 e. The SMILES string of the molecule is Cn1c(-c2cccnc2)cnc1C=O. The molecule has 14 heavy (non-hydrogen) atoms. The van der Waals surface area contributed by atoms with Crippen molar-refractivity contribution in [2.45, 2.75) is 0 Å². The molecule has 0 amide bonds. The molecule has 70 valence electrons. The van der Waals surface area contributed by atoms with Crippen LogP contribution < -0.4 is 0 Å². The summed E-state index contributed by atoms with van der Waals surface area (Å²) in [4.78, 5) is 18.6. The molecular weight excluding hydrogens is 178 g/mol. The topological polar surface area (TPSA) is 47.8 Å². The van der Waals surface area contributed by atoms with Crippen LogP contribution in [-0.4, -0.2) is 20.8 Å². The van der Waals surface area contributed by atoms with Gasteiger partial charge in [0.1, 0.15) is 0 Å². The van der Waals surface area contributed by atoms with Crippen LogP contribution in [0.4, 0.5) is 0 Å². The van der Waals surface area contributed by atoms with Gasteiger partial charge in [-0.05, 0) is 12.1 Å². The van der Waals surface area contributed by atoms with E-state index in [1.54, 1.807) is 30.2 Å². The van der Waals surface area contributed by atoms with Gasteiger partial charge in [-0.3, -0.25) is 9.78 Å². The third kappa shape index (κ3) is 1.31. The van der Waals surface area contributed by atoms with Gasteiger partial charge < -0.3 is 4.57 Å². The highest BCUT2D eigenvalue weighted by Crippen LogP contribution is 2.17. The van der Waals surface area contributed by atoms with E-state index in [9.17, 15) is 4.79 Å². The van der Waals surface area contributed by atoms with Gasteiger partial charge >= 0.3 is 0 Å². The standard InChI is InChI=1S/C10H9N3O/c1-13-9(6-12-10(13)7-14)8-3-2-4-11-5-8/h2-7H,1H3. The summed E-state index contributed by atoms with van der Waals surface area (Å²) in [5.74, 6) is 0.420. The summed E-state index contributed by atoms with van der Waals surface area (Å²) in [5, 5.41) is 0. The Labute approximate surface area is 81.2 Å². The normalized spacial score (nSPS) is 10.1. The van der Waals surface area contributed by atoms with Crippen LogP contribution in [-0.2, 0) is 7.05 Å². The first-order valence-corrected chi connectivity index (χ1v) is 4.20. The maximum absolute atomic E-state index is 10.6. The Morgan fingerprint density at radius 2 is 2.29 bits per heavy atom. The third-order valence-corrected chi connectivity index (χ3v) is 2.09. The van der Waals surface area contributed by atoms with E-state index in [1.165, 1.54) is 0 Å². The lowest BCUT2D eigenvalue weighted by Gasteiger charge is -2.01. The molecule has 0 aliphatic carbocycles. The summed E-state index contributed by atoms with van der Waals surface area (Å²) >= 11 is 0. The maximum atomic E-state index is 10.6. The number of imidazole rings is 1. The molecule has 0 spiro atoms. The summed E-state index contributed by atoms with van der Waals surface area (Å²) in [6.45, 7) is 0. The van der Waals surface area contributed by atoms with E-state index in [0.717, 1.165) is 17.5 Å². The number of carbonyl (C=O) groups is 1. The van der Waals surface area contributed by atoms with Crippen LogP contribution in [0.1, 0.15) is 10.6 Å². The molecule has 0 aliphatic rings. The predicted octanol–water partition coefficient (Wildman–Crippen LogP) is 1.29. The first kappa shape index (κ1) is 8.62. The number of carbonyl (C=O) groups excluding carboxylic acids is 1. The molecule has 0 N–H and O–H groups in total. The van der Waals surface area contributed by atoms with Crippen molar-refractivity contribution in [3.05, 3.63) is 36.5 Å². The van der Waals surface area contributed by atoms with Crippen molar-refractivity contribution in [3.8, 4) is 11.3 Å². The highest BCUT2D eigenvalue weighted by Gasteiger charge is 2.06. The van der Waals surface area contributed by atoms with Gasteiger partial charge in [0, 0.05) is 25.0 Å². The van der Waals surface area contributed by atoms with E-state index >= 15 is 0 Å². The Morgan fingerprint density at radius 3 is 2.86 bits per heavy atom. The van der Waals surface area contributed by atoms with E-state index in [-0.39, 0.29) is 0 Å². The quantitative estimate of drug-likeness (QED) is 0.665. The maximum Gasteiger partial charge on any atom is 0.185 e. The number of rotatable bonds is 2. The van der Waals surface area contributed by atoms with Gasteiger partial charge in [0.25, 0.3) is 0 Å². The second-order valence-electron chi connectivity index (χ2n) is 2.92. The minimum atomic E-state index is 0.420. The predicted molar refractivity (Wildman–Crippen MR) is 51.8 cm³/mol. The molecule has 0 aliphatic heterocycles. The zero-order valence-electron chi connectivity index (χ0n) is 7.71. The van der Waals surface area contributed by atoms with Crippen molar-refractivity contribution in [3.63, 3.8) is 0 Å². The van der Waals surface area contributed by atoms with Gasteiger partial charge in [-0.2, -0.15) is 0 Å². The summed E-state index contributed by atoms with van der Waals surface area (Å²) in [7, 11) is 1.80. The molecular formula is C10H9N3O. The Balaban J connectivity index is 2.53. The van der Waals surface area contributed by atoms with Gasteiger partial charge in [-0.1, -0.05) is 0 Å². The minimum Gasteiger partial charge on any atom is -0.325 e.